The molecule has 0 heterocycles. The second-order valence-electron chi connectivity index (χ2n) is 4.90. The number of carbonyl (C=O) groups is 1. The first-order valence-electron chi connectivity index (χ1n) is 7.37. The molecule has 0 fully saturated rings. The van der Waals surface area contributed by atoms with E-state index in [9.17, 15) is 4.79 Å². The minimum absolute atomic E-state index is 0.153. The molecule has 1 amide bonds. The minimum Gasteiger partial charge on any atom is -0.497 e. The number of hydrogen-bond donors (Lipinski definition) is 1. The highest BCUT2D eigenvalue weighted by atomic mass is 16.5. The van der Waals surface area contributed by atoms with Gasteiger partial charge in [-0.3, -0.25) is 4.79 Å². The molecule has 2 aromatic carbocycles. The molecule has 6 nitrogen and oxygen atoms in total. The normalized spacial score (nSPS) is 10.9. The summed E-state index contributed by atoms with van der Waals surface area (Å²) in [5.41, 5.74) is 4.04. The number of methoxy groups -OCH3 is 2. The highest BCUT2D eigenvalue weighted by molar-refractivity contribution is 5.99. The maximum Gasteiger partial charge on any atom is 0.277 e. The van der Waals surface area contributed by atoms with Crippen LogP contribution in [0.3, 0.4) is 0 Å². The van der Waals surface area contributed by atoms with Crippen LogP contribution < -0.4 is 19.6 Å². The molecule has 0 spiro atoms. The van der Waals surface area contributed by atoms with Gasteiger partial charge in [0.15, 0.2) is 18.1 Å². The summed E-state index contributed by atoms with van der Waals surface area (Å²) >= 11 is 0. The first-order chi connectivity index (χ1) is 11.6. The summed E-state index contributed by atoms with van der Waals surface area (Å²) in [6, 6.07) is 14.5. The van der Waals surface area contributed by atoms with Gasteiger partial charge in [-0.1, -0.05) is 12.1 Å². The summed E-state index contributed by atoms with van der Waals surface area (Å²) in [6.07, 6.45) is 0. The third-order valence-electron chi connectivity index (χ3n) is 3.28. The Morgan fingerprint density at radius 1 is 1.00 bits per heavy atom. The molecule has 2 aromatic rings. The Hall–Kier alpha value is -3.02. The smallest absolute Gasteiger partial charge is 0.277 e. The highest BCUT2D eigenvalue weighted by Crippen LogP contribution is 2.25. The quantitative estimate of drug-likeness (QED) is 0.626. The number of hydrazone groups is 1. The van der Waals surface area contributed by atoms with Crippen LogP contribution in [0.5, 0.6) is 17.2 Å². The van der Waals surface area contributed by atoms with Crippen molar-refractivity contribution in [3.8, 4) is 17.2 Å². The van der Waals surface area contributed by atoms with Gasteiger partial charge in [-0.2, -0.15) is 5.10 Å². The Balaban J connectivity index is 1.89. The minimum atomic E-state index is -0.353. The van der Waals surface area contributed by atoms with E-state index in [2.05, 4.69) is 10.5 Å². The van der Waals surface area contributed by atoms with E-state index >= 15 is 0 Å². The van der Waals surface area contributed by atoms with Crippen molar-refractivity contribution in [3.05, 3.63) is 54.1 Å². The van der Waals surface area contributed by atoms with Gasteiger partial charge >= 0.3 is 0 Å². The zero-order chi connectivity index (χ0) is 17.4. The van der Waals surface area contributed by atoms with Gasteiger partial charge in [-0.15, -0.1) is 0 Å². The molecule has 0 radical (unpaired) electrons. The molecule has 126 valence electrons. The summed E-state index contributed by atoms with van der Waals surface area (Å²) in [4.78, 5) is 11.8. The summed E-state index contributed by atoms with van der Waals surface area (Å²) < 4.78 is 15.7. The maximum atomic E-state index is 11.8. The average molecular weight is 328 g/mol. The van der Waals surface area contributed by atoms with Crippen molar-refractivity contribution >= 4 is 11.6 Å². The summed E-state index contributed by atoms with van der Waals surface area (Å²) in [7, 11) is 3.16. The molecular formula is C18H20N2O4. The summed E-state index contributed by atoms with van der Waals surface area (Å²) in [6.45, 7) is 1.66. The van der Waals surface area contributed by atoms with E-state index in [-0.39, 0.29) is 12.5 Å². The van der Waals surface area contributed by atoms with Crippen LogP contribution in [0.25, 0.3) is 0 Å². The van der Waals surface area contributed by atoms with Gasteiger partial charge in [0.2, 0.25) is 0 Å². The third-order valence-corrected chi connectivity index (χ3v) is 3.28. The van der Waals surface area contributed by atoms with E-state index in [1.165, 1.54) is 0 Å². The molecule has 1 N–H and O–H groups in total. The monoisotopic (exact) mass is 328 g/mol. The third kappa shape index (κ3) is 4.74. The second kappa shape index (κ2) is 8.57. The van der Waals surface area contributed by atoms with Crippen molar-refractivity contribution < 1.29 is 19.0 Å². The van der Waals surface area contributed by atoms with Crippen LogP contribution in [0, 0.1) is 0 Å². The van der Waals surface area contributed by atoms with Crippen LogP contribution in [-0.2, 0) is 4.79 Å². The topological polar surface area (TPSA) is 69.2 Å². The number of benzene rings is 2. The van der Waals surface area contributed by atoms with Crippen molar-refractivity contribution in [1.29, 1.82) is 0 Å². The van der Waals surface area contributed by atoms with E-state index in [0.29, 0.717) is 17.2 Å². The maximum absolute atomic E-state index is 11.8. The molecule has 0 aromatic heterocycles. The first kappa shape index (κ1) is 17.3. The number of amides is 1. The fourth-order valence-electron chi connectivity index (χ4n) is 1.96. The van der Waals surface area contributed by atoms with Gasteiger partial charge in [-0.25, -0.2) is 5.43 Å². The molecule has 6 heteroatoms. The largest absolute Gasteiger partial charge is 0.497 e. The van der Waals surface area contributed by atoms with E-state index in [0.717, 1.165) is 11.3 Å². The number of nitrogens with zero attached hydrogens (tertiary/aromatic N) is 1. The Morgan fingerprint density at radius 2 is 1.67 bits per heavy atom. The number of para-hydroxylation sites is 2. The number of ether oxygens (including phenoxy) is 3. The molecule has 0 bridgehead atoms. The van der Waals surface area contributed by atoms with Gasteiger partial charge in [0.25, 0.3) is 5.91 Å². The lowest BCUT2D eigenvalue weighted by Crippen LogP contribution is -2.25. The van der Waals surface area contributed by atoms with Gasteiger partial charge in [0.05, 0.1) is 19.9 Å². The Kier molecular flexibility index (Phi) is 6.19. The Labute approximate surface area is 141 Å². The van der Waals surface area contributed by atoms with E-state index in [1.54, 1.807) is 26.4 Å². The van der Waals surface area contributed by atoms with Gasteiger partial charge in [-0.05, 0) is 48.9 Å². The molecule has 24 heavy (non-hydrogen) atoms. The zero-order valence-corrected chi connectivity index (χ0v) is 13.9. The van der Waals surface area contributed by atoms with Crippen LogP contribution in [0.2, 0.25) is 0 Å². The van der Waals surface area contributed by atoms with Crippen LogP contribution in [0.15, 0.2) is 53.6 Å². The van der Waals surface area contributed by atoms with Crippen LogP contribution >= 0.6 is 0 Å². The van der Waals surface area contributed by atoms with Crippen molar-refractivity contribution in [1.82, 2.24) is 5.43 Å². The molecule has 0 unspecified atom stereocenters. The standard InChI is InChI=1S/C18H20N2O4/c1-13(14-8-10-15(22-2)11-9-14)19-20-18(21)12-24-17-7-5-4-6-16(17)23-3/h4-11H,12H2,1-3H3,(H,20,21)/b19-13-. The molecular weight excluding hydrogens is 308 g/mol. The predicted molar refractivity (Wildman–Crippen MR) is 91.8 cm³/mol. The van der Waals surface area contributed by atoms with Crippen molar-refractivity contribution in [2.75, 3.05) is 20.8 Å². The number of carbonyl (C=O) groups excluding carboxylic acids is 1. The lowest BCUT2D eigenvalue weighted by Gasteiger charge is -2.09. The van der Waals surface area contributed by atoms with Crippen LogP contribution in [-0.4, -0.2) is 32.4 Å². The molecule has 0 saturated carbocycles. The fourth-order valence-corrected chi connectivity index (χ4v) is 1.96. The Bertz CT molecular complexity index is 711. The van der Waals surface area contributed by atoms with Gasteiger partial charge in [0.1, 0.15) is 5.75 Å². The lowest BCUT2D eigenvalue weighted by molar-refractivity contribution is -0.123. The van der Waals surface area contributed by atoms with E-state index in [1.807, 2.05) is 43.3 Å². The van der Waals surface area contributed by atoms with Crippen molar-refractivity contribution in [2.45, 2.75) is 6.92 Å². The molecule has 0 aliphatic carbocycles. The van der Waals surface area contributed by atoms with E-state index < -0.39 is 0 Å². The first-order valence-corrected chi connectivity index (χ1v) is 7.37. The lowest BCUT2D eigenvalue weighted by atomic mass is 10.1. The molecule has 0 aliphatic heterocycles. The second-order valence-corrected chi connectivity index (χ2v) is 4.90. The van der Waals surface area contributed by atoms with Crippen LogP contribution in [0.1, 0.15) is 12.5 Å². The SMILES string of the molecule is COc1ccc(/C(C)=N\NC(=O)COc2ccccc2OC)cc1. The van der Waals surface area contributed by atoms with Crippen molar-refractivity contribution in [3.63, 3.8) is 0 Å². The Morgan fingerprint density at radius 3 is 2.29 bits per heavy atom. The number of nitrogens with one attached hydrogen (secondary N) is 1. The highest BCUT2D eigenvalue weighted by Gasteiger charge is 2.06. The molecule has 0 saturated heterocycles. The predicted octanol–water partition coefficient (Wildman–Crippen LogP) is 2.62. The van der Waals surface area contributed by atoms with Crippen LogP contribution in [0.4, 0.5) is 0 Å². The fraction of sp³-hybridized carbons (Fsp3) is 0.222. The van der Waals surface area contributed by atoms with Gasteiger partial charge in [0, 0.05) is 0 Å². The molecule has 2 rings (SSSR count). The van der Waals surface area contributed by atoms with Gasteiger partial charge < -0.3 is 14.2 Å². The summed E-state index contributed by atoms with van der Waals surface area (Å²) in [5.74, 6) is 1.49. The number of hydrogen-bond acceptors (Lipinski definition) is 5. The molecule has 0 atom stereocenters. The zero-order valence-electron chi connectivity index (χ0n) is 13.9. The van der Waals surface area contributed by atoms with Crippen molar-refractivity contribution in [2.24, 2.45) is 5.10 Å². The summed E-state index contributed by atoms with van der Waals surface area (Å²) in [5, 5.41) is 4.07. The average Bonchev–Trinajstić information content (AvgIpc) is 2.64. The van der Waals surface area contributed by atoms with E-state index in [4.69, 9.17) is 14.2 Å². The molecule has 0 aliphatic rings. The number of rotatable bonds is 7.